The number of rotatable bonds is 2. The maximum absolute atomic E-state index is 10.2. The van der Waals surface area contributed by atoms with Gasteiger partial charge in [-0.15, -0.1) is 0 Å². The summed E-state index contributed by atoms with van der Waals surface area (Å²) in [6.45, 7) is 1.27. The summed E-state index contributed by atoms with van der Waals surface area (Å²) in [5, 5.41) is 0.120. The van der Waals surface area contributed by atoms with Gasteiger partial charge >= 0.3 is 5.97 Å². The summed E-state index contributed by atoms with van der Waals surface area (Å²) in [7, 11) is 0. The fraction of sp³-hybridized carbons (Fsp3) is 0.167. The van der Waals surface area contributed by atoms with E-state index < -0.39 is 5.97 Å². The molecule has 0 aromatic carbocycles. The molecule has 0 amide bonds. The summed E-state index contributed by atoms with van der Waals surface area (Å²) in [4.78, 5) is 10.2. The molecule has 0 heterocycles. The summed E-state index contributed by atoms with van der Waals surface area (Å²) in [6.07, 6.45) is 2.38. The molecule has 0 unspecified atom stereocenters. The Morgan fingerprint density at radius 2 is 1.91 bits per heavy atom. The van der Waals surface area contributed by atoms with Crippen molar-refractivity contribution in [2.45, 2.75) is 6.92 Å². The summed E-state index contributed by atoms with van der Waals surface area (Å²) in [5.41, 5.74) is 0. The predicted molar refractivity (Wildman–Crippen MR) is 45.5 cm³/mol. The molecule has 0 radical (unpaired) electrons. The third-order valence-electron chi connectivity index (χ3n) is 0.629. The molecule has 0 saturated carbocycles. The van der Waals surface area contributed by atoms with Crippen molar-refractivity contribution in [1.82, 2.24) is 0 Å². The maximum atomic E-state index is 10.2. The average molecular weight is 215 g/mol. The summed E-state index contributed by atoms with van der Waals surface area (Å²) < 4.78 is 4.33. The Morgan fingerprint density at radius 3 is 2.27 bits per heavy atom. The largest absolute Gasteiger partial charge is 0.435 e. The van der Waals surface area contributed by atoms with Gasteiger partial charge in [0.05, 0.1) is 11.3 Å². The summed E-state index contributed by atoms with van der Waals surface area (Å²) >= 11 is 16.0. The van der Waals surface area contributed by atoms with Gasteiger partial charge in [-0.1, -0.05) is 34.8 Å². The number of hydrogen-bond donors (Lipinski definition) is 0. The molecule has 0 aliphatic rings. The number of hydrogen-bond acceptors (Lipinski definition) is 2. The smallest absolute Gasteiger partial charge is 0.307 e. The van der Waals surface area contributed by atoms with Crippen LogP contribution in [0.25, 0.3) is 0 Å². The first-order chi connectivity index (χ1) is 5.04. The Kier molecular flexibility index (Phi) is 5.38. The molecule has 0 fully saturated rings. The Balaban J connectivity index is 3.95. The molecular formula is C6H5Cl3O2. The second-order valence-corrected chi connectivity index (χ2v) is 2.88. The van der Waals surface area contributed by atoms with E-state index in [2.05, 4.69) is 4.74 Å². The van der Waals surface area contributed by atoms with Crippen LogP contribution in [0.15, 0.2) is 21.9 Å². The molecule has 0 N–H and O–H groups in total. The SMILES string of the molecule is CC(=O)OC=CC(Cl)=C(Cl)Cl. The van der Waals surface area contributed by atoms with Crippen molar-refractivity contribution in [2.75, 3.05) is 0 Å². The number of halogens is 3. The highest BCUT2D eigenvalue weighted by Crippen LogP contribution is 2.18. The summed E-state index contributed by atoms with van der Waals surface area (Å²) in [5.74, 6) is -0.434. The van der Waals surface area contributed by atoms with Crippen molar-refractivity contribution in [1.29, 1.82) is 0 Å². The molecule has 0 rings (SSSR count). The van der Waals surface area contributed by atoms with E-state index in [0.29, 0.717) is 0 Å². The van der Waals surface area contributed by atoms with E-state index in [1.54, 1.807) is 0 Å². The van der Waals surface area contributed by atoms with Crippen LogP contribution in [-0.2, 0) is 9.53 Å². The minimum Gasteiger partial charge on any atom is -0.435 e. The fourth-order valence-corrected chi connectivity index (χ4v) is 0.430. The lowest BCUT2D eigenvalue weighted by Crippen LogP contribution is -1.89. The van der Waals surface area contributed by atoms with Crippen molar-refractivity contribution >= 4 is 40.8 Å². The average Bonchev–Trinajstić information content (AvgIpc) is 1.86. The molecule has 0 aliphatic heterocycles. The Bertz CT molecular complexity index is 204. The van der Waals surface area contributed by atoms with Crippen molar-refractivity contribution in [2.24, 2.45) is 0 Å². The normalized spacial score (nSPS) is 9.82. The van der Waals surface area contributed by atoms with E-state index in [1.807, 2.05) is 0 Å². The predicted octanol–water partition coefficient (Wildman–Crippen LogP) is 2.95. The number of carbonyl (C=O) groups excluding carboxylic acids is 1. The molecule has 5 heteroatoms. The van der Waals surface area contributed by atoms with E-state index in [0.717, 1.165) is 6.26 Å². The van der Waals surface area contributed by atoms with Gasteiger partial charge in [0.2, 0.25) is 0 Å². The van der Waals surface area contributed by atoms with Crippen LogP contribution in [0.5, 0.6) is 0 Å². The molecule has 0 spiro atoms. The zero-order valence-corrected chi connectivity index (χ0v) is 7.87. The molecule has 0 atom stereocenters. The van der Waals surface area contributed by atoms with Crippen LogP contribution < -0.4 is 0 Å². The van der Waals surface area contributed by atoms with Gasteiger partial charge in [0.25, 0.3) is 0 Å². The molecule has 0 saturated heterocycles. The van der Waals surface area contributed by atoms with Crippen LogP contribution in [0.1, 0.15) is 6.92 Å². The van der Waals surface area contributed by atoms with Crippen LogP contribution in [0, 0.1) is 0 Å². The van der Waals surface area contributed by atoms with Crippen LogP contribution in [0.3, 0.4) is 0 Å². The second-order valence-electron chi connectivity index (χ2n) is 1.52. The Hall–Kier alpha value is -0.180. The lowest BCUT2D eigenvalue weighted by molar-refractivity contribution is -0.135. The third-order valence-corrected chi connectivity index (χ3v) is 1.54. The first kappa shape index (κ1) is 10.8. The van der Waals surface area contributed by atoms with Crippen LogP contribution in [-0.4, -0.2) is 5.97 Å². The number of carbonyl (C=O) groups is 1. The lowest BCUT2D eigenvalue weighted by atomic mass is 10.6. The van der Waals surface area contributed by atoms with E-state index >= 15 is 0 Å². The molecule has 11 heavy (non-hydrogen) atoms. The maximum Gasteiger partial charge on any atom is 0.307 e. The van der Waals surface area contributed by atoms with Crippen LogP contribution in [0.2, 0.25) is 0 Å². The number of allylic oxidation sites excluding steroid dienone is 2. The Morgan fingerprint density at radius 1 is 1.36 bits per heavy atom. The highest BCUT2D eigenvalue weighted by Gasteiger charge is 1.92. The fourth-order valence-electron chi connectivity index (χ4n) is 0.253. The monoisotopic (exact) mass is 214 g/mol. The molecule has 62 valence electrons. The molecule has 0 aromatic heterocycles. The quantitative estimate of drug-likeness (QED) is 0.402. The van der Waals surface area contributed by atoms with E-state index in [1.165, 1.54) is 13.0 Å². The highest BCUT2D eigenvalue weighted by atomic mass is 35.5. The third kappa shape index (κ3) is 6.23. The van der Waals surface area contributed by atoms with Crippen molar-refractivity contribution in [3.8, 4) is 0 Å². The van der Waals surface area contributed by atoms with Gasteiger partial charge < -0.3 is 4.74 Å². The van der Waals surface area contributed by atoms with Gasteiger partial charge in [0.15, 0.2) is 0 Å². The van der Waals surface area contributed by atoms with Crippen molar-refractivity contribution < 1.29 is 9.53 Å². The lowest BCUT2D eigenvalue weighted by Gasteiger charge is -1.90. The van der Waals surface area contributed by atoms with Crippen molar-refractivity contribution in [3.63, 3.8) is 0 Å². The Labute approximate surface area is 79.4 Å². The molecule has 0 bridgehead atoms. The first-order valence-corrected chi connectivity index (χ1v) is 3.72. The van der Waals surface area contributed by atoms with Gasteiger partial charge in [-0.2, -0.15) is 0 Å². The van der Waals surface area contributed by atoms with E-state index in [4.69, 9.17) is 34.8 Å². The van der Waals surface area contributed by atoms with E-state index in [-0.39, 0.29) is 9.52 Å². The van der Waals surface area contributed by atoms with Gasteiger partial charge in [-0.3, -0.25) is 4.79 Å². The van der Waals surface area contributed by atoms with Gasteiger partial charge in [-0.05, 0) is 6.08 Å². The zero-order chi connectivity index (χ0) is 8.85. The molecule has 2 nitrogen and oxygen atoms in total. The standard InChI is InChI=1S/C6H5Cl3O2/c1-4(10)11-3-2-5(7)6(8)9/h2-3H,1H3. The van der Waals surface area contributed by atoms with Gasteiger partial charge in [0, 0.05) is 6.92 Å². The topological polar surface area (TPSA) is 26.3 Å². The zero-order valence-electron chi connectivity index (χ0n) is 5.61. The van der Waals surface area contributed by atoms with Gasteiger partial charge in [0.1, 0.15) is 4.49 Å². The van der Waals surface area contributed by atoms with Crippen LogP contribution in [0.4, 0.5) is 0 Å². The summed E-state index contributed by atoms with van der Waals surface area (Å²) in [6, 6.07) is 0. The van der Waals surface area contributed by atoms with Gasteiger partial charge in [-0.25, -0.2) is 0 Å². The first-order valence-electron chi connectivity index (χ1n) is 2.58. The molecular weight excluding hydrogens is 210 g/mol. The minimum atomic E-state index is -0.434. The second kappa shape index (κ2) is 5.47. The minimum absolute atomic E-state index is 0.0740. The molecule has 0 aliphatic carbocycles. The van der Waals surface area contributed by atoms with E-state index in [9.17, 15) is 4.79 Å². The number of esters is 1. The highest BCUT2D eigenvalue weighted by molar-refractivity contribution is 6.59. The molecule has 0 aromatic rings. The van der Waals surface area contributed by atoms with Crippen LogP contribution >= 0.6 is 34.8 Å². The van der Waals surface area contributed by atoms with Crippen molar-refractivity contribution in [3.05, 3.63) is 21.9 Å². The number of ether oxygens (including phenoxy) is 1.